The summed E-state index contributed by atoms with van der Waals surface area (Å²) in [5, 5.41) is 13.5. The molecule has 1 heterocycles. The Bertz CT molecular complexity index is 662. The first-order chi connectivity index (χ1) is 9.49. The number of aryl methyl sites for hydroxylation is 2. The van der Waals surface area contributed by atoms with Gasteiger partial charge in [0.2, 0.25) is 0 Å². The van der Waals surface area contributed by atoms with Gasteiger partial charge >= 0.3 is 5.97 Å². The fourth-order valence-electron chi connectivity index (χ4n) is 2.45. The van der Waals surface area contributed by atoms with Crippen molar-refractivity contribution >= 4 is 5.97 Å². The van der Waals surface area contributed by atoms with E-state index in [1.165, 1.54) is 12.1 Å². The lowest BCUT2D eigenvalue weighted by atomic mass is 9.98. The molecule has 4 nitrogen and oxygen atoms in total. The van der Waals surface area contributed by atoms with Crippen molar-refractivity contribution in [3.63, 3.8) is 0 Å². The minimum absolute atomic E-state index is 0.310. The van der Waals surface area contributed by atoms with Crippen molar-refractivity contribution in [2.24, 2.45) is 7.05 Å². The van der Waals surface area contributed by atoms with Gasteiger partial charge in [0.15, 0.2) is 0 Å². The van der Waals surface area contributed by atoms with Gasteiger partial charge in [-0.15, -0.1) is 0 Å². The molecule has 0 saturated carbocycles. The van der Waals surface area contributed by atoms with E-state index in [0.29, 0.717) is 5.56 Å². The second-order valence-electron chi connectivity index (χ2n) is 4.60. The normalized spacial score (nSPS) is 10.8. The summed E-state index contributed by atoms with van der Waals surface area (Å²) in [4.78, 5) is 11.1. The number of aromatic nitrogens is 2. The standard InChI is InChI=1S/C15H17FN2O2/c1-4-12-14(13(5-2)18(3)17-12)9-6-7-11(16)10(8-9)15(19)20/h6-8H,4-5H2,1-3H3,(H,19,20). The maximum absolute atomic E-state index is 13.5. The number of carboxylic acids is 1. The summed E-state index contributed by atoms with van der Waals surface area (Å²) in [7, 11) is 1.86. The summed E-state index contributed by atoms with van der Waals surface area (Å²) in [6.45, 7) is 4.01. The summed E-state index contributed by atoms with van der Waals surface area (Å²) in [6.07, 6.45) is 1.52. The molecule has 106 valence electrons. The van der Waals surface area contributed by atoms with Crippen LogP contribution in [0.2, 0.25) is 0 Å². The van der Waals surface area contributed by atoms with Crippen LogP contribution in [0.15, 0.2) is 18.2 Å². The molecule has 2 aromatic rings. The van der Waals surface area contributed by atoms with Gasteiger partial charge in [-0.25, -0.2) is 9.18 Å². The van der Waals surface area contributed by atoms with E-state index in [-0.39, 0.29) is 5.56 Å². The number of hydrogen-bond donors (Lipinski definition) is 1. The molecule has 0 aliphatic heterocycles. The molecule has 0 radical (unpaired) electrons. The molecule has 0 amide bonds. The molecule has 1 aromatic carbocycles. The maximum atomic E-state index is 13.5. The molecule has 0 unspecified atom stereocenters. The molecular weight excluding hydrogens is 259 g/mol. The van der Waals surface area contributed by atoms with E-state index in [9.17, 15) is 9.18 Å². The summed E-state index contributed by atoms with van der Waals surface area (Å²) >= 11 is 0. The van der Waals surface area contributed by atoms with Crippen LogP contribution in [0.3, 0.4) is 0 Å². The number of nitrogens with zero attached hydrogens (tertiary/aromatic N) is 2. The Labute approximate surface area is 116 Å². The third-order valence-corrected chi connectivity index (χ3v) is 3.39. The van der Waals surface area contributed by atoms with Gasteiger partial charge < -0.3 is 5.11 Å². The van der Waals surface area contributed by atoms with Crippen LogP contribution in [0.25, 0.3) is 11.1 Å². The molecule has 0 aliphatic carbocycles. The van der Waals surface area contributed by atoms with E-state index in [2.05, 4.69) is 5.10 Å². The van der Waals surface area contributed by atoms with Gasteiger partial charge in [0.05, 0.1) is 11.3 Å². The number of carbonyl (C=O) groups is 1. The predicted molar refractivity (Wildman–Crippen MR) is 74.3 cm³/mol. The lowest BCUT2D eigenvalue weighted by Crippen LogP contribution is -2.01. The topological polar surface area (TPSA) is 55.1 Å². The molecule has 0 aliphatic rings. The molecule has 0 bridgehead atoms. The van der Waals surface area contributed by atoms with E-state index >= 15 is 0 Å². The molecule has 1 N–H and O–H groups in total. The Balaban J connectivity index is 2.68. The highest BCUT2D eigenvalue weighted by Crippen LogP contribution is 2.29. The quantitative estimate of drug-likeness (QED) is 0.933. The highest BCUT2D eigenvalue weighted by molar-refractivity contribution is 5.90. The van der Waals surface area contributed by atoms with Gasteiger partial charge in [-0.3, -0.25) is 4.68 Å². The highest BCUT2D eigenvalue weighted by atomic mass is 19.1. The van der Waals surface area contributed by atoms with Crippen LogP contribution in [-0.2, 0) is 19.9 Å². The third-order valence-electron chi connectivity index (χ3n) is 3.39. The molecule has 0 spiro atoms. The number of hydrogen-bond acceptors (Lipinski definition) is 2. The molecule has 0 fully saturated rings. The zero-order valence-corrected chi connectivity index (χ0v) is 11.8. The van der Waals surface area contributed by atoms with Crippen molar-refractivity contribution in [2.45, 2.75) is 26.7 Å². The van der Waals surface area contributed by atoms with E-state index < -0.39 is 11.8 Å². The van der Waals surface area contributed by atoms with E-state index in [0.717, 1.165) is 29.8 Å². The Morgan fingerprint density at radius 1 is 1.35 bits per heavy atom. The number of carboxylic acid groups (broad SMARTS) is 1. The van der Waals surface area contributed by atoms with Gasteiger partial charge in [-0.2, -0.15) is 5.10 Å². The fourth-order valence-corrected chi connectivity index (χ4v) is 2.45. The van der Waals surface area contributed by atoms with Crippen LogP contribution in [0.1, 0.15) is 35.6 Å². The van der Waals surface area contributed by atoms with Gasteiger partial charge in [-0.05, 0) is 30.5 Å². The van der Waals surface area contributed by atoms with Crippen molar-refractivity contribution in [3.05, 3.63) is 41.0 Å². The average molecular weight is 276 g/mol. The lowest BCUT2D eigenvalue weighted by molar-refractivity contribution is 0.0692. The van der Waals surface area contributed by atoms with Gasteiger partial charge in [0.1, 0.15) is 5.82 Å². The molecule has 2 rings (SSSR count). The Morgan fingerprint density at radius 3 is 2.60 bits per heavy atom. The monoisotopic (exact) mass is 276 g/mol. The molecule has 0 atom stereocenters. The number of rotatable bonds is 4. The Morgan fingerprint density at radius 2 is 2.05 bits per heavy atom. The predicted octanol–water partition coefficient (Wildman–Crippen LogP) is 3.05. The maximum Gasteiger partial charge on any atom is 0.338 e. The Kier molecular flexibility index (Phi) is 3.88. The van der Waals surface area contributed by atoms with Crippen LogP contribution in [-0.4, -0.2) is 20.9 Å². The van der Waals surface area contributed by atoms with Crippen molar-refractivity contribution in [1.82, 2.24) is 9.78 Å². The molecule has 1 aromatic heterocycles. The smallest absolute Gasteiger partial charge is 0.338 e. The first-order valence-corrected chi connectivity index (χ1v) is 6.57. The third kappa shape index (κ3) is 2.31. The molecular formula is C15H17FN2O2. The number of benzene rings is 1. The van der Waals surface area contributed by atoms with Crippen LogP contribution < -0.4 is 0 Å². The summed E-state index contributed by atoms with van der Waals surface area (Å²) < 4.78 is 15.3. The van der Waals surface area contributed by atoms with Crippen molar-refractivity contribution in [3.8, 4) is 11.1 Å². The van der Waals surface area contributed by atoms with Crippen LogP contribution in [0, 0.1) is 5.82 Å². The second-order valence-corrected chi connectivity index (χ2v) is 4.60. The summed E-state index contributed by atoms with van der Waals surface area (Å²) in [6, 6.07) is 4.19. The van der Waals surface area contributed by atoms with E-state index in [1.807, 2.05) is 20.9 Å². The molecule has 20 heavy (non-hydrogen) atoms. The van der Waals surface area contributed by atoms with Crippen molar-refractivity contribution < 1.29 is 14.3 Å². The number of halogens is 1. The minimum atomic E-state index is -1.26. The molecule has 5 heteroatoms. The van der Waals surface area contributed by atoms with Gasteiger partial charge in [0, 0.05) is 18.3 Å². The molecule has 0 saturated heterocycles. The summed E-state index contributed by atoms with van der Waals surface area (Å²) in [5.74, 6) is -1.98. The minimum Gasteiger partial charge on any atom is -0.478 e. The Hall–Kier alpha value is -2.17. The number of aromatic carboxylic acids is 1. The largest absolute Gasteiger partial charge is 0.478 e. The first-order valence-electron chi connectivity index (χ1n) is 6.57. The van der Waals surface area contributed by atoms with Crippen molar-refractivity contribution in [1.29, 1.82) is 0 Å². The lowest BCUT2D eigenvalue weighted by Gasteiger charge is -2.07. The van der Waals surface area contributed by atoms with Gasteiger partial charge in [0.25, 0.3) is 0 Å². The fraction of sp³-hybridized carbons (Fsp3) is 0.333. The van der Waals surface area contributed by atoms with Crippen LogP contribution in [0.5, 0.6) is 0 Å². The van der Waals surface area contributed by atoms with Crippen LogP contribution >= 0.6 is 0 Å². The highest BCUT2D eigenvalue weighted by Gasteiger charge is 2.18. The zero-order chi connectivity index (χ0) is 14.9. The van der Waals surface area contributed by atoms with Gasteiger partial charge in [-0.1, -0.05) is 19.9 Å². The van der Waals surface area contributed by atoms with E-state index in [1.54, 1.807) is 10.7 Å². The summed E-state index contributed by atoms with van der Waals surface area (Å²) in [5.41, 5.74) is 3.22. The average Bonchev–Trinajstić information content (AvgIpc) is 2.75. The second kappa shape index (κ2) is 5.45. The zero-order valence-electron chi connectivity index (χ0n) is 11.8. The van der Waals surface area contributed by atoms with Crippen LogP contribution in [0.4, 0.5) is 4.39 Å². The van der Waals surface area contributed by atoms with Crippen molar-refractivity contribution in [2.75, 3.05) is 0 Å². The van der Waals surface area contributed by atoms with E-state index in [4.69, 9.17) is 5.11 Å². The SMILES string of the molecule is CCc1nn(C)c(CC)c1-c1ccc(F)c(C(=O)O)c1. The first kappa shape index (κ1) is 14.2.